The van der Waals surface area contributed by atoms with E-state index in [0.717, 1.165) is 31.4 Å². The highest BCUT2D eigenvalue weighted by Crippen LogP contribution is 2.70. The third-order valence-electron chi connectivity index (χ3n) is 5.28. The monoisotopic (exact) mass is 462 g/mol. The molecule has 0 unspecified atom stereocenters. The molecule has 0 radical (unpaired) electrons. The van der Waals surface area contributed by atoms with Crippen LogP contribution in [0.3, 0.4) is 0 Å². The van der Waals surface area contributed by atoms with Gasteiger partial charge < -0.3 is 0 Å². The van der Waals surface area contributed by atoms with E-state index in [4.69, 9.17) is 3.63 Å². The molecule has 4 aromatic carbocycles. The lowest BCUT2D eigenvalue weighted by molar-refractivity contribution is 0.508. The Bertz CT molecular complexity index is 1180. The van der Waals surface area contributed by atoms with Crippen LogP contribution >= 0.6 is 10.3 Å². The average molecular weight is 463 g/mol. The number of aryl methyl sites for hydroxylation is 3. The second-order valence-electron chi connectivity index (χ2n) is 7.83. The van der Waals surface area contributed by atoms with E-state index >= 15 is 0 Å². The molecule has 164 valence electrons. The fraction of sp³-hybridized carbons (Fsp3) is 0.111. The third kappa shape index (κ3) is 4.37. The van der Waals surface area contributed by atoms with E-state index in [-0.39, 0.29) is 4.90 Å². The first-order valence-electron chi connectivity index (χ1n) is 10.4. The van der Waals surface area contributed by atoms with Gasteiger partial charge in [0.25, 0.3) is 0 Å². The largest absolute Gasteiger partial charge is 0.307 e. The first-order valence-corrected chi connectivity index (χ1v) is 13.3. The van der Waals surface area contributed by atoms with Gasteiger partial charge in [0, 0.05) is 14.7 Å². The van der Waals surface area contributed by atoms with E-state index in [1.54, 1.807) is 30.3 Å². The molecule has 0 aromatic heterocycles. The van der Waals surface area contributed by atoms with Crippen LogP contribution in [0.5, 0.6) is 0 Å². The normalized spacial score (nSPS) is 12.5. The van der Waals surface area contributed by atoms with Crippen molar-refractivity contribution in [1.29, 1.82) is 0 Å². The topological polar surface area (TPSA) is 43.4 Å². The van der Waals surface area contributed by atoms with E-state index in [1.807, 2.05) is 93.6 Å². The van der Waals surface area contributed by atoms with Crippen molar-refractivity contribution < 1.29 is 12.0 Å². The van der Waals surface area contributed by atoms with Crippen LogP contribution in [0, 0.1) is 20.8 Å². The maximum absolute atomic E-state index is 13.6. The Hall–Kier alpha value is -2.86. The lowest BCUT2D eigenvalue weighted by atomic mass is 10.2. The molecule has 0 amide bonds. The zero-order valence-corrected chi connectivity index (χ0v) is 20.0. The summed E-state index contributed by atoms with van der Waals surface area (Å²) in [7, 11) is -6.63. The van der Waals surface area contributed by atoms with Gasteiger partial charge in [0.2, 0.25) is 0 Å². The molecule has 4 aromatic rings. The van der Waals surface area contributed by atoms with Crippen molar-refractivity contribution in [2.24, 2.45) is 0 Å². The zero-order valence-electron chi connectivity index (χ0n) is 18.4. The van der Waals surface area contributed by atoms with E-state index < -0.39 is 20.4 Å². The van der Waals surface area contributed by atoms with Gasteiger partial charge in [-0.15, -0.1) is 0 Å². The van der Waals surface area contributed by atoms with Crippen LogP contribution in [-0.2, 0) is 13.7 Å². The van der Waals surface area contributed by atoms with Crippen molar-refractivity contribution in [3.05, 3.63) is 120 Å². The fourth-order valence-corrected chi connectivity index (χ4v) is 8.67. The van der Waals surface area contributed by atoms with Gasteiger partial charge in [0.1, 0.15) is 0 Å². The van der Waals surface area contributed by atoms with Gasteiger partial charge in [-0.2, -0.15) is 8.42 Å². The molecular formula is C27H26O3S2. The minimum absolute atomic E-state index is 0.142. The number of hydrogen-bond acceptors (Lipinski definition) is 3. The maximum Gasteiger partial charge on any atom is 0.307 e. The molecule has 0 spiro atoms. The lowest BCUT2D eigenvalue weighted by Gasteiger charge is -2.39. The van der Waals surface area contributed by atoms with Crippen molar-refractivity contribution in [3.8, 4) is 0 Å². The van der Waals surface area contributed by atoms with Crippen molar-refractivity contribution >= 4 is 20.4 Å². The molecular weight excluding hydrogens is 436 g/mol. The highest BCUT2D eigenvalue weighted by Gasteiger charge is 2.38. The molecule has 0 saturated carbocycles. The van der Waals surface area contributed by atoms with Gasteiger partial charge in [0.05, 0.1) is 4.90 Å². The summed E-state index contributed by atoms with van der Waals surface area (Å²) >= 11 is 0. The quantitative estimate of drug-likeness (QED) is 0.304. The number of benzene rings is 4. The predicted octanol–water partition coefficient (Wildman–Crippen LogP) is 7.21. The van der Waals surface area contributed by atoms with Crippen LogP contribution in [0.15, 0.2) is 123 Å². The van der Waals surface area contributed by atoms with Gasteiger partial charge in [-0.3, -0.25) is 0 Å². The Morgan fingerprint density at radius 3 is 1.16 bits per heavy atom. The summed E-state index contributed by atoms with van der Waals surface area (Å²) in [6.45, 7) is 6.04. The Labute approximate surface area is 192 Å². The van der Waals surface area contributed by atoms with E-state index in [1.165, 1.54) is 0 Å². The van der Waals surface area contributed by atoms with Crippen LogP contribution in [0.1, 0.15) is 16.7 Å². The Morgan fingerprint density at radius 2 is 0.812 bits per heavy atom. The van der Waals surface area contributed by atoms with Crippen LogP contribution < -0.4 is 0 Å². The maximum atomic E-state index is 13.6. The van der Waals surface area contributed by atoms with E-state index in [0.29, 0.717) is 0 Å². The molecule has 0 saturated heterocycles. The molecule has 0 aliphatic rings. The molecule has 0 N–H and O–H groups in total. The van der Waals surface area contributed by atoms with Gasteiger partial charge in [-0.1, -0.05) is 71.3 Å². The van der Waals surface area contributed by atoms with E-state index in [9.17, 15) is 8.42 Å². The minimum Gasteiger partial charge on any atom is -0.203 e. The molecule has 5 heteroatoms. The molecule has 0 fully saturated rings. The first kappa shape index (κ1) is 22.3. The molecule has 3 nitrogen and oxygen atoms in total. The van der Waals surface area contributed by atoms with Gasteiger partial charge >= 0.3 is 10.1 Å². The standard InChI is InChI=1S/C27H26O3S2/c1-21-9-15-24(16-10-21)31(25-17-11-22(2)12-18-25,26-19-13-23(3)14-20-26)30-32(28,29)27-7-5-4-6-8-27/h4-20H,1-3H3. The molecule has 0 aliphatic heterocycles. The predicted molar refractivity (Wildman–Crippen MR) is 131 cm³/mol. The Balaban J connectivity index is 2.03. The summed E-state index contributed by atoms with van der Waals surface area (Å²) in [5, 5.41) is 0. The average Bonchev–Trinajstić information content (AvgIpc) is 2.80. The summed E-state index contributed by atoms with van der Waals surface area (Å²) in [6.07, 6.45) is 0. The van der Waals surface area contributed by atoms with Crippen LogP contribution in [-0.4, -0.2) is 8.42 Å². The third-order valence-corrected chi connectivity index (χ3v) is 10.5. The second kappa shape index (κ2) is 8.94. The Kier molecular flexibility index (Phi) is 6.24. The molecule has 32 heavy (non-hydrogen) atoms. The summed E-state index contributed by atoms with van der Waals surface area (Å²) in [4.78, 5) is 2.63. The zero-order chi connectivity index (χ0) is 22.8. The Morgan fingerprint density at radius 1 is 0.469 bits per heavy atom. The molecule has 0 atom stereocenters. The van der Waals surface area contributed by atoms with Gasteiger partial charge in [-0.25, -0.2) is 3.63 Å². The summed E-state index contributed by atoms with van der Waals surface area (Å²) in [6, 6.07) is 32.2. The molecule has 0 aliphatic carbocycles. The highest BCUT2D eigenvalue weighted by molar-refractivity contribution is 8.33. The van der Waals surface area contributed by atoms with Crippen molar-refractivity contribution in [2.75, 3.05) is 0 Å². The second-order valence-corrected chi connectivity index (χ2v) is 12.3. The van der Waals surface area contributed by atoms with Crippen molar-refractivity contribution in [1.82, 2.24) is 0 Å². The van der Waals surface area contributed by atoms with Crippen molar-refractivity contribution in [2.45, 2.75) is 40.4 Å². The van der Waals surface area contributed by atoms with Crippen LogP contribution in [0.25, 0.3) is 0 Å². The highest BCUT2D eigenvalue weighted by atomic mass is 32.3. The minimum atomic E-state index is -4.06. The number of hydrogen-bond donors (Lipinski definition) is 0. The molecule has 0 heterocycles. The molecule has 0 bridgehead atoms. The summed E-state index contributed by atoms with van der Waals surface area (Å²) in [5.41, 5.74) is 3.29. The summed E-state index contributed by atoms with van der Waals surface area (Å²) < 4.78 is 33.5. The smallest absolute Gasteiger partial charge is 0.203 e. The number of rotatable bonds is 6. The van der Waals surface area contributed by atoms with Gasteiger partial charge in [-0.05, 0) is 79.6 Å². The SMILES string of the molecule is Cc1ccc(S(OS(=O)(=O)c2ccccc2)(c2ccc(C)cc2)c2ccc(C)cc2)cc1. The molecule has 4 rings (SSSR count). The van der Waals surface area contributed by atoms with Gasteiger partial charge in [0.15, 0.2) is 0 Å². The van der Waals surface area contributed by atoms with Crippen molar-refractivity contribution in [3.63, 3.8) is 0 Å². The van der Waals surface area contributed by atoms with Crippen LogP contribution in [0.4, 0.5) is 0 Å². The van der Waals surface area contributed by atoms with Crippen LogP contribution in [0.2, 0.25) is 0 Å². The summed E-state index contributed by atoms with van der Waals surface area (Å²) in [5.74, 6) is 0. The first-order chi connectivity index (χ1) is 15.3. The van der Waals surface area contributed by atoms with E-state index in [2.05, 4.69) is 0 Å². The lowest BCUT2D eigenvalue weighted by Crippen LogP contribution is -2.14. The fourth-order valence-electron chi connectivity index (χ4n) is 3.48.